The lowest BCUT2D eigenvalue weighted by molar-refractivity contribution is 0.0910. The summed E-state index contributed by atoms with van der Waals surface area (Å²) in [6, 6.07) is 6.51. The maximum Gasteiger partial charge on any atom is 0.263 e. The van der Waals surface area contributed by atoms with Crippen molar-refractivity contribution in [1.29, 1.82) is 0 Å². The van der Waals surface area contributed by atoms with Crippen molar-refractivity contribution in [2.75, 3.05) is 5.32 Å². The lowest BCUT2D eigenvalue weighted by Gasteiger charge is -2.29. The topological polar surface area (TPSA) is 79.0 Å². The highest BCUT2D eigenvalue weighted by molar-refractivity contribution is 6.06. The van der Waals surface area contributed by atoms with Crippen LogP contribution in [0.3, 0.4) is 0 Å². The lowest BCUT2D eigenvalue weighted by atomic mass is 9.75. The molecule has 2 aromatic rings. The number of fused-ring (bicyclic) bond motifs is 1. The molecule has 0 aliphatic heterocycles. The highest BCUT2D eigenvalue weighted by Crippen LogP contribution is 2.33. The van der Waals surface area contributed by atoms with E-state index in [1.165, 1.54) is 24.3 Å². The fourth-order valence-corrected chi connectivity index (χ4v) is 3.15. The number of benzene rings is 1. The molecule has 2 N–H and O–H groups in total. The molecule has 1 aliphatic rings. The number of pyridine rings is 1. The third-order valence-electron chi connectivity index (χ3n) is 4.36. The van der Waals surface area contributed by atoms with E-state index >= 15 is 0 Å². The van der Waals surface area contributed by atoms with Gasteiger partial charge in [-0.1, -0.05) is 26.0 Å². The Balaban J connectivity index is 1.92. The summed E-state index contributed by atoms with van der Waals surface area (Å²) in [4.78, 5) is 39.6. The number of aromatic nitrogens is 1. The molecule has 0 radical (unpaired) electrons. The van der Waals surface area contributed by atoms with Crippen LogP contribution >= 0.6 is 0 Å². The zero-order valence-electron chi connectivity index (χ0n) is 14.4. The molecule has 7 heteroatoms. The van der Waals surface area contributed by atoms with Crippen molar-refractivity contribution in [3.8, 4) is 0 Å². The number of anilines is 1. The minimum Gasteiger partial charge on any atom is -0.325 e. The second kappa shape index (κ2) is 6.48. The molecule has 0 saturated carbocycles. The predicted molar refractivity (Wildman–Crippen MR) is 92.8 cm³/mol. The molecular weight excluding hydrogens is 342 g/mol. The summed E-state index contributed by atoms with van der Waals surface area (Å²) in [5.41, 5.74) is -0.331. The highest BCUT2D eigenvalue weighted by Gasteiger charge is 2.32. The average molecular weight is 360 g/mol. The minimum atomic E-state index is -2.67. The number of alkyl halides is 2. The van der Waals surface area contributed by atoms with E-state index in [0.29, 0.717) is 24.1 Å². The van der Waals surface area contributed by atoms with E-state index in [0.717, 1.165) is 6.07 Å². The maximum absolute atomic E-state index is 12.8. The van der Waals surface area contributed by atoms with Crippen molar-refractivity contribution >= 4 is 17.4 Å². The predicted octanol–water partition coefficient (Wildman–Crippen LogP) is 3.72. The van der Waals surface area contributed by atoms with Gasteiger partial charge in [-0.15, -0.1) is 0 Å². The first-order chi connectivity index (χ1) is 12.2. The van der Waals surface area contributed by atoms with Gasteiger partial charge in [-0.05, 0) is 30.0 Å². The summed E-state index contributed by atoms with van der Waals surface area (Å²) < 4.78 is 25.5. The minimum absolute atomic E-state index is 0.138. The molecule has 0 saturated heterocycles. The van der Waals surface area contributed by atoms with Gasteiger partial charge in [0.15, 0.2) is 5.78 Å². The van der Waals surface area contributed by atoms with E-state index in [9.17, 15) is 23.2 Å². The van der Waals surface area contributed by atoms with Gasteiger partial charge >= 0.3 is 0 Å². The zero-order chi connectivity index (χ0) is 19.1. The Morgan fingerprint density at radius 1 is 1.19 bits per heavy atom. The molecule has 0 unspecified atom stereocenters. The molecule has 1 aromatic heterocycles. The standard InChI is InChI=1S/C19H18F2N2O3/c1-19(2)8-14-12(15(24)9-19)7-13(18(26)23-14)17(25)22-11-5-3-4-10(6-11)16(20)21/h3-7,16H,8-9H2,1-2H3,(H,22,25)(H,23,26). The van der Waals surface area contributed by atoms with Crippen molar-refractivity contribution in [2.24, 2.45) is 5.41 Å². The van der Waals surface area contributed by atoms with Crippen LogP contribution in [0.25, 0.3) is 0 Å². The molecule has 1 aliphatic carbocycles. The highest BCUT2D eigenvalue weighted by atomic mass is 19.3. The van der Waals surface area contributed by atoms with Gasteiger partial charge in [0.25, 0.3) is 17.9 Å². The van der Waals surface area contributed by atoms with E-state index in [1.54, 1.807) is 0 Å². The zero-order valence-corrected chi connectivity index (χ0v) is 14.4. The number of amides is 1. The number of aromatic amines is 1. The van der Waals surface area contributed by atoms with Crippen LogP contribution in [-0.2, 0) is 6.42 Å². The number of nitrogens with one attached hydrogen (secondary N) is 2. The number of halogens is 2. The van der Waals surface area contributed by atoms with E-state index in [2.05, 4.69) is 10.3 Å². The summed E-state index contributed by atoms with van der Waals surface area (Å²) >= 11 is 0. The van der Waals surface area contributed by atoms with Crippen molar-refractivity contribution in [3.05, 3.63) is 63.1 Å². The van der Waals surface area contributed by atoms with Crippen molar-refractivity contribution in [2.45, 2.75) is 33.1 Å². The molecular formula is C19H18F2N2O3. The van der Waals surface area contributed by atoms with Crippen LogP contribution in [0.15, 0.2) is 35.1 Å². The van der Waals surface area contributed by atoms with Crippen LogP contribution in [0, 0.1) is 5.41 Å². The lowest BCUT2D eigenvalue weighted by Crippen LogP contribution is -2.32. The fraction of sp³-hybridized carbons (Fsp3) is 0.316. The molecule has 1 aromatic carbocycles. The SMILES string of the molecule is CC1(C)CC(=O)c2cc(C(=O)Nc3cccc(C(F)F)c3)c(=O)[nH]c2C1. The molecule has 5 nitrogen and oxygen atoms in total. The Bertz CT molecular complexity index is 948. The van der Waals surface area contributed by atoms with Gasteiger partial charge in [-0.25, -0.2) is 8.78 Å². The quantitative estimate of drug-likeness (QED) is 0.876. The molecule has 1 heterocycles. The Kier molecular flexibility index (Phi) is 4.48. The van der Waals surface area contributed by atoms with Crippen LogP contribution in [0.5, 0.6) is 0 Å². The molecule has 1 amide bonds. The first-order valence-corrected chi connectivity index (χ1v) is 8.15. The van der Waals surface area contributed by atoms with Crippen molar-refractivity contribution < 1.29 is 18.4 Å². The number of hydrogen-bond donors (Lipinski definition) is 2. The average Bonchev–Trinajstić information content (AvgIpc) is 2.53. The monoisotopic (exact) mass is 360 g/mol. The number of ketones is 1. The molecule has 0 spiro atoms. The summed E-state index contributed by atoms with van der Waals surface area (Å²) in [5.74, 6) is -0.889. The van der Waals surface area contributed by atoms with Gasteiger partial charge in [0, 0.05) is 28.9 Å². The maximum atomic E-state index is 12.8. The summed E-state index contributed by atoms with van der Waals surface area (Å²) in [5, 5.41) is 2.43. The Labute approximate surface area is 148 Å². The van der Waals surface area contributed by atoms with Crippen LogP contribution in [0.2, 0.25) is 0 Å². The Morgan fingerprint density at radius 3 is 2.62 bits per heavy atom. The summed E-state index contributed by atoms with van der Waals surface area (Å²) in [6.07, 6.45) is -1.81. The van der Waals surface area contributed by atoms with Gasteiger partial charge in [0.05, 0.1) is 0 Å². The Hall–Kier alpha value is -2.83. The number of carbonyl (C=O) groups excluding carboxylic acids is 2. The molecule has 0 atom stereocenters. The van der Waals surface area contributed by atoms with E-state index in [4.69, 9.17) is 0 Å². The van der Waals surface area contributed by atoms with Gasteiger partial charge in [-0.2, -0.15) is 0 Å². The number of H-pyrrole nitrogens is 1. The normalized spacial score (nSPS) is 15.7. The van der Waals surface area contributed by atoms with E-state index < -0.39 is 17.9 Å². The number of rotatable bonds is 3. The van der Waals surface area contributed by atoms with Gasteiger partial charge in [0.1, 0.15) is 5.56 Å². The molecule has 0 bridgehead atoms. The van der Waals surface area contributed by atoms with Crippen molar-refractivity contribution in [1.82, 2.24) is 4.98 Å². The molecule has 136 valence electrons. The van der Waals surface area contributed by atoms with Gasteiger partial charge < -0.3 is 10.3 Å². The number of hydrogen-bond acceptors (Lipinski definition) is 3. The molecule has 3 rings (SSSR count). The first-order valence-electron chi connectivity index (χ1n) is 8.15. The summed E-state index contributed by atoms with van der Waals surface area (Å²) in [7, 11) is 0. The van der Waals surface area contributed by atoms with Crippen LogP contribution in [-0.4, -0.2) is 16.7 Å². The molecule has 0 fully saturated rings. The third kappa shape index (κ3) is 3.56. The van der Waals surface area contributed by atoms with Crippen LogP contribution < -0.4 is 10.9 Å². The van der Waals surface area contributed by atoms with E-state index in [-0.39, 0.29) is 28.0 Å². The van der Waals surface area contributed by atoms with Crippen molar-refractivity contribution in [3.63, 3.8) is 0 Å². The van der Waals surface area contributed by atoms with Crippen LogP contribution in [0.4, 0.5) is 14.5 Å². The fourth-order valence-electron chi connectivity index (χ4n) is 3.15. The first kappa shape index (κ1) is 18.0. The van der Waals surface area contributed by atoms with Crippen LogP contribution in [0.1, 0.15) is 58.7 Å². The van der Waals surface area contributed by atoms with Gasteiger partial charge in [-0.3, -0.25) is 14.4 Å². The summed E-state index contributed by atoms with van der Waals surface area (Å²) in [6.45, 7) is 3.87. The second-order valence-corrected chi connectivity index (χ2v) is 7.23. The number of carbonyl (C=O) groups is 2. The van der Waals surface area contributed by atoms with Gasteiger partial charge in [0.2, 0.25) is 0 Å². The third-order valence-corrected chi connectivity index (χ3v) is 4.36. The Morgan fingerprint density at radius 2 is 1.92 bits per heavy atom. The largest absolute Gasteiger partial charge is 0.325 e. The van der Waals surface area contributed by atoms with E-state index in [1.807, 2.05) is 13.8 Å². The number of Topliss-reactive ketones (excluding diaryl/α,β-unsaturated/α-hetero) is 1. The second-order valence-electron chi connectivity index (χ2n) is 7.23. The smallest absolute Gasteiger partial charge is 0.263 e. The molecule has 26 heavy (non-hydrogen) atoms.